The van der Waals surface area contributed by atoms with Crippen LogP contribution in [0.1, 0.15) is 30.5 Å². The lowest BCUT2D eigenvalue weighted by Gasteiger charge is -2.42. The van der Waals surface area contributed by atoms with Crippen LogP contribution in [-0.2, 0) is 17.8 Å². The number of ether oxygens (including phenoxy) is 1. The quantitative estimate of drug-likeness (QED) is 0.301. The smallest absolute Gasteiger partial charge is 0.318 e. The fourth-order valence-corrected chi connectivity index (χ4v) is 6.62. The first-order chi connectivity index (χ1) is 21.3. The minimum Gasteiger partial charge on any atom is -0.462 e. The largest absolute Gasteiger partial charge is 0.462 e. The number of likely N-dealkylation sites (N-methyl/N-ethyl adjacent to an activating group) is 1. The first-order valence-corrected chi connectivity index (χ1v) is 15.5. The molecule has 2 aliphatic heterocycles. The Morgan fingerprint density at radius 2 is 2.02 bits per heavy atom. The van der Waals surface area contributed by atoms with Crippen LogP contribution in [0.5, 0.6) is 6.01 Å². The molecule has 3 aromatic rings. The topological polar surface area (TPSA) is 88.8 Å². The van der Waals surface area contributed by atoms with Gasteiger partial charge in [0.05, 0.1) is 35.8 Å². The molecule has 1 atom stereocenters. The van der Waals surface area contributed by atoms with Crippen molar-refractivity contribution in [2.24, 2.45) is 0 Å². The number of alkyl halides is 1. The van der Waals surface area contributed by atoms with Gasteiger partial charge in [0.1, 0.15) is 18.1 Å². The molecule has 0 radical (unpaired) electrons. The number of nitriles is 1. The van der Waals surface area contributed by atoms with Gasteiger partial charge in [-0.05, 0) is 49.9 Å². The molecule has 0 bridgehead atoms. The van der Waals surface area contributed by atoms with E-state index in [1.807, 2.05) is 30.1 Å². The van der Waals surface area contributed by atoms with Crippen LogP contribution in [0.3, 0.4) is 0 Å². The molecule has 1 saturated carbocycles. The third kappa shape index (κ3) is 6.30. The van der Waals surface area contributed by atoms with Gasteiger partial charge in [0.25, 0.3) is 0 Å². The van der Waals surface area contributed by atoms with Gasteiger partial charge in [-0.3, -0.25) is 9.69 Å². The summed E-state index contributed by atoms with van der Waals surface area (Å²) < 4.78 is 20.4. The Hall–Kier alpha value is -3.94. The van der Waals surface area contributed by atoms with E-state index in [1.165, 1.54) is 6.08 Å². The lowest BCUT2D eigenvalue weighted by molar-refractivity contribution is -0.128. The minimum absolute atomic E-state index is 0.173. The number of amides is 1. The third-order valence-corrected chi connectivity index (χ3v) is 9.13. The van der Waals surface area contributed by atoms with Gasteiger partial charge >= 0.3 is 6.01 Å². The molecule has 0 N–H and O–H groups in total. The number of fused-ring (bicyclic) bond motifs is 2. The van der Waals surface area contributed by atoms with Crippen LogP contribution in [0.25, 0.3) is 10.8 Å². The summed E-state index contributed by atoms with van der Waals surface area (Å²) in [5.74, 6) is 0.608. The van der Waals surface area contributed by atoms with Crippen molar-refractivity contribution in [3.05, 3.63) is 65.3 Å². The van der Waals surface area contributed by atoms with Crippen molar-refractivity contribution in [1.82, 2.24) is 19.8 Å². The summed E-state index contributed by atoms with van der Waals surface area (Å²) in [4.78, 5) is 30.4. The highest BCUT2D eigenvalue weighted by molar-refractivity contribution is 6.36. The van der Waals surface area contributed by atoms with Crippen molar-refractivity contribution in [3.63, 3.8) is 0 Å². The zero-order chi connectivity index (χ0) is 30.8. The molecule has 6 rings (SSSR count). The van der Waals surface area contributed by atoms with Crippen LogP contribution in [0.4, 0.5) is 15.9 Å². The summed E-state index contributed by atoms with van der Waals surface area (Å²) in [6, 6.07) is 14.4. The fourth-order valence-electron chi connectivity index (χ4n) is 6.34. The fraction of sp³-hybridized carbons (Fsp3) is 0.455. The Morgan fingerprint density at radius 1 is 1.23 bits per heavy atom. The number of anilines is 2. The van der Waals surface area contributed by atoms with E-state index in [9.17, 15) is 14.4 Å². The molecule has 2 aromatic carbocycles. The number of hydrogen-bond acceptors (Lipinski definition) is 8. The molecule has 1 aromatic heterocycles. The van der Waals surface area contributed by atoms with Crippen LogP contribution < -0.4 is 14.5 Å². The highest BCUT2D eigenvalue weighted by Crippen LogP contribution is 2.40. The second-order valence-electron chi connectivity index (χ2n) is 12.0. The molecule has 230 valence electrons. The van der Waals surface area contributed by atoms with Gasteiger partial charge in [0, 0.05) is 55.9 Å². The molecule has 9 nitrogen and oxygen atoms in total. The van der Waals surface area contributed by atoms with Crippen LogP contribution in [-0.4, -0.2) is 90.3 Å². The van der Waals surface area contributed by atoms with E-state index >= 15 is 0 Å². The summed E-state index contributed by atoms with van der Waals surface area (Å²) in [5.41, 5.74) is 1.90. The number of benzene rings is 2. The second kappa shape index (κ2) is 12.6. The van der Waals surface area contributed by atoms with Gasteiger partial charge in [-0.1, -0.05) is 42.4 Å². The average molecular weight is 618 g/mol. The Balaban J connectivity index is 1.29. The standard InChI is InChI=1S/C33H37ClFN7O2/c1-3-29(43)42-17-16-41(20-24(42)10-14-36)31-25-11-15-40(28-9-5-7-23-6-4-8-26(34)30(23)28)21-27(25)37-32(38-31)44-19-18-39(2)22-33(35)12-13-33/h3-9,24H,1,10-13,15-22H2,2H3/t24-/m0/s1. The van der Waals surface area contributed by atoms with Crippen LogP contribution >= 0.6 is 11.6 Å². The molecule has 1 aliphatic carbocycles. The summed E-state index contributed by atoms with van der Waals surface area (Å²) in [5, 5.41) is 12.3. The number of piperazine rings is 1. The average Bonchev–Trinajstić information content (AvgIpc) is 3.75. The Bertz CT molecular complexity index is 1600. The van der Waals surface area contributed by atoms with E-state index in [4.69, 9.17) is 26.3 Å². The van der Waals surface area contributed by atoms with Gasteiger partial charge < -0.3 is 19.4 Å². The molecule has 44 heavy (non-hydrogen) atoms. The van der Waals surface area contributed by atoms with Crippen molar-refractivity contribution >= 4 is 39.8 Å². The molecule has 3 heterocycles. The summed E-state index contributed by atoms with van der Waals surface area (Å²) in [6.45, 7) is 7.70. The molecule has 1 amide bonds. The Kier molecular flexibility index (Phi) is 8.61. The summed E-state index contributed by atoms with van der Waals surface area (Å²) >= 11 is 6.68. The minimum atomic E-state index is -1.06. The maximum absolute atomic E-state index is 14.3. The zero-order valence-corrected chi connectivity index (χ0v) is 25.8. The van der Waals surface area contributed by atoms with Crippen LogP contribution in [0.15, 0.2) is 49.1 Å². The first-order valence-electron chi connectivity index (χ1n) is 15.2. The molecule has 0 spiro atoms. The van der Waals surface area contributed by atoms with Crippen molar-refractivity contribution in [2.45, 2.75) is 43.9 Å². The second-order valence-corrected chi connectivity index (χ2v) is 12.4. The van der Waals surface area contributed by atoms with E-state index in [1.54, 1.807) is 4.90 Å². The van der Waals surface area contributed by atoms with Gasteiger partial charge in [-0.2, -0.15) is 15.2 Å². The highest BCUT2D eigenvalue weighted by Gasteiger charge is 2.43. The van der Waals surface area contributed by atoms with Crippen molar-refractivity contribution in [2.75, 3.05) is 62.7 Å². The van der Waals surface area contributed by atoms with Crippen LogP contribution in [0.2, 0.25) is 5.02 Å². The van der Waals surface area contributed by atoms with E-state index in [0.29, 0.717) is 70.2 Å². The van der Waals surface area contributed by atoms with Crippen molar-refractivity contribution in [1.29, 1.82) is 5.26 Å². The van der Waals surface area contributed by atoms with Gasteiger partial charge in [-0.15, -0.1) is 0 Å². The predicted octanol–water partition coefficient (Wildman–Crippen LogP) is 4.78. The Labute approximate surface area is 262 Å². The molecule has 2 fully saturated rings. The molecule has 3 aliphatic rings. The highest BCUT2D eigenvalue weighted by atomic mass is 35.5. The number of carbonyl (C=O) groups is 1. The van der Waals surface area contributed by atoms with E-state index in [2.05, 4.69) is 40.6 Å². The monoisotopic (exact) mass is 617 g/mol. The van der Waals surface area contributed by atoms with Crippen molar-refractivity contribution < 1.29 is 13.9 Å². The number of nitrogens with zero attached hydrogens (tertiary/aromatic N) is 7. The number of carbonyl (C=O) groups excluding carboxylic acids is 1. The van der Waals surface area contributed by atoms with Gasteiger partial charge in [-0.25, -0.2) is 4.39 Å². The number of halogens is 2. The van der Waals surface area contributed by atoms with Gasteiger partial charge in [0.15, 0.2) is 0 Å². The summed E-state index contributed by atoms with van der Waals surface area (Å²) in [6.07, 6.45) is 3.46. The van der Waals surface area contributed by atoms with Gasteiger partial charge in [0.2, 0.25) is 5.91 Å². The lowest BCUT2D eigenvalue weighted by Crippen LogP contribution is -2.55. The van der Waals surface area contributed by atoms with E-state index in [0.717, 1.165) is 40.1 Å². The predicted molar refractivity (Wildman–Crippen MR) is 170 cm³/mol. The molecular formula is C33H37ClFN7O2. The van der Waals surface area contributed by atoms with E-state index in [-0.39, 0.29) is 24.4 Å². The SMILES string of the molecule is C=CC(=O)N1CCN(c2nc(OCCN(C)CC3(F)CC3)nc3c2CCN(c2cccc4cccc(Cl)c24)C3)C[C@@H]1CC#N. The lowest BCUT2D eigenvalue weighted by atomic mass is 10.0. The molecule has 11 heteroatoms. The zero-order valence-electron chi connectivity index (χ0n) is 25.0. The number of rotatable bonds is 10. The molecule has 0 unspecified atom stereocenters. The first kappa shape index (κ1) is 30.1. The van der Waals surface area contributed by atoms with Crippen LogP contribution in [0, 0.1) is 11.3 Å². The maximum atomic E-state index is 14.3. The third-order valence-electron chi connectivity index (χ3n) is 8.81. The normalized spacial score (nSPS) is 19.1. The number of hydrogen-bond donors (Lipinski definition) is 0. The van der Waals surface area contributed by atoms with Crippen molar-refractivity contribution in [3.8, 4) is 12.1 Å². The summed E-state index contributed by atoms with van der Waals surface area (Å²) in [7, 11) is 1.90. The molecule has 1 saturated heterocycles. The van der Waals surface area contributed by atoms with E-state index < -0.39 is 5.67 Å². The number of aromatic nitrogens is 2. The molecular weight excluding hydrogens is 581 g/mol. The maximum Gasteiger partial charge on any atom is 0.318 e. The Morgan fingerprint density at radius 3 is 2.77 bits per heavy atom.